The van der Waals surface area contributed by atoms with Gasteiger partial charge < -0.3 is 0 Å². The predicted molar refractivity (Wildman–Crippen MR) is 96.3 cm³/mol. The molecule has 0 atom stereocenters. The van der Waals surface area contributed by atoms with E-state index >= 15 is 0 Å². The van der Waals surface area contributed by atoms with E-state index in [1.54, 1.807) is 5.48 Å². The fourth-order valence-corrected chi connectivity index (χ4v) is 2.79. The molecule has 4 heteroatoms. The second kappa shape index (κ2) is 9.48. The van der Waals surface area contributed by atoms with Gasteiger partial charge in [-0.25, -0.2) is 5.48 Å². The molecule has 0 fully saturated rings. The van der Waals surface area contributed by atoms with Crippen molar-refractivity contribution in [3.8, 4) is 11.1 Å². The van der Waals surface area contributed by atoms with Crippen LogP contribution in [0.3, 0.4) is 0 Å². The number of hydroxylamine groups is 1. The molecule has 122 valence electrons. The standard InChI is InChI=1S/C19H22BrNO2/c20-18-13-11-17(12-14-18)16-9-7-15(8-10-16)5-3-1-2-4-6-19(22)21-23/h7-14,23H,1-6H2,(H,21,22). The second-order valence-electron chi connectivity index (χ2n) is 5.65. The number of hydrogen-bond donors (Lipinski definition) is 2. The molecule has 2 N–H and O–H groups in total. The van der Waals surface area contributed by atoms with Gasteiger partial charge in [0.15, 0.2) is 0 Å². The minimum atomic E-state index is -0.298. The van der Waals surface area contributed by atoms with E-state index < -0.39 is 0 Å². The number of aryl methyl sites for hydroxylation is 1. The van der Waals surface area contributed by atoms with E-state index in [-0.39, 0.29) is 5.91 Å². The lowest BCUT2D eigenvalue weighted by atomic mass is 10.0. The molecule has 23 heavy (non-hydrogen) atoms. The molecule has 0 aromatic heterocycles. The molecule has 0 radical (unpaired) electrons. The summed E-state index contributed by atoms with van der Waals surface area (Å²) in [6, 6.07) is 17.1. The molecule has 1 amide bonds. The molecule has 2 aromatic rings. The highest BCUT2D eigenvalue weighted by Crippen LogP contribution is 2.22. The van der Waals surface area contributed by atoms with Gasteiger partial charge in [-0.2, -0.15) is 0 Å². The van der Waals surface area contributed by atoms with E-state index in [4.69, 9.17) is 5.21 Å². The SMILES string of the molecule is O=C(CCCCCCc1ccc(-c2ccc(Br)cc2)cc1)NO. The number of unbranched alkanes of at least 4 members (excludes halogenated alkanes) is 3. The third-order valence-electron chi connectivity index (χ3n) is 3.88. The normalized spacial score (nSPS) is 10.5. The highest BCUT2D eigenvalue weighted by molar-refractivity contribution is 9.10. The number of rotatable bonds is 8. The van der Waals surface area contributed by atoms with Crippen LogP contribution in [0, 0.1) is 0 Å². The molecule has 0 aliphatic carbocycles. The van der Waals surface area contributed by atoms with Gasteiger partial charge in [0.05, 0.1) is 0 Å². The molecule has 0 heterocycles. The summed E-state index contributed by atoms with van der Waals surface area (Å²) in [5.41, 5.74) is 5.46. The molecule has 2 rings (SSSR count). The van der Waals surface area contributed by atoms with Gasteiger partial charge in [-0.1, -0.05) is 65.2 Å². The number of nitrogens with one attached hydrogen (secondary N) is 1. The fraction of sp³-hybridized carbons (Fsp3) is 0.316. The van der Waals surface area contributed by atoms with Crippen molar-refractivity contribution < 1.29 is 10.0 Å². The molecule has 0 aliphatic heterocycles. The first-order valence-electron chi connectivity index (χ1n) is 7.97. The van der Waals surface area contributed by atoms with Crippen LogP contribution in [-0.2, 0) is 11.2 Å². The van der Waals surface area contributed by atoms with Gasteiger partial charge >= 0.3 is 0 Å². The zero-order chi connectivity index (χ0) is 16.5. The maximum Gasteiger partial charge on any atom is 0.243 e. The zero-order valence-corrected chi connectivity index (χ0v) is 14.7. The summed E-state index contributed by atoms with van der Waals surface area (Å²) >= 11 is 3.45. The smallest absolute Gasteiger partial charge is 0.243 e. The van der Waals surface area contributed by atoms with E-state index in [0.29, 0.717) is 6.42 Å². The third kappa shape index (κ3) is 6.16. The summed E-state index contributed by atoms with van der Waals surface area (Å²) in [6.45, 7) is 0. The Morgan fingerprint density at radius 2 is 1.43 bits per heavy atom. The number of hydrogen-bond acceptors (Lipinski definition) is 2. The lowest BCUT2D eigenvalue weighted by molar-refractivity contribution is -0.129. The lowest BCUT2D eigenvalue weighted by Gasteiger charge is -2.05. The van der Waals surface area contributed by atoms with Gasteiger partial charge in [-0.05, 0) is 48.1 Å². The zero-order valence-electron chi connectivity index (χ0n) is 13.1. The highest BCUT2D eigenvalue weighted by atomic mass is 79.9. The number of amides is 1. The van der Waals surface area contributed by atoms with Gasteiger partial charge in [0.25, 0.3) is 0 Å². The Kier molecular flexibility index (Phi) is 7.30. The third-order valence-corrected chi connectivity index (χ3v) is 4.40. The molecule has 0 spiro atoms. The van der Waals surface area contributed by atoms with Crippen molar-refractivity contribution in [2.75, 3.05) is 0 Å². The Bertz CT molecular complexity index is 608. The van der Waals surface area contributed by atoms with Crippen molar-refractivity contribution in [2.45, 2.75) is 38.5 Å². The minimum Gasteiger partial charge on any atom is -0.289 e. The van der Waals surface area contributed by atoms with Crippen molar-refractivity contribution in [3.05, 3.63) is 58.6 Å². The summed E-state index contributed by atoms with van der Waals surface area (Å²) in [4.78, 5) is 10.9. The van der Waals surface area contributed by atoms with Crippen LogP contribution in [0.5, 0.6) is 0 Å². The predicted octanol–water partition coefficient (Wildman–Crippen LogP) is 5.11. The molecule has 0 aliphatic rings. The van der Waals surface area contributed by atoms with Crippen molar-refractivity contribution in [3.63, 3.8) is 0 Å². The fourth-order valence-electron chi connectivity index (χ4n) is 2.53. The van der Waals surface area contributed by atoms with Crippen LogP contribution >= 0.6 is 15.9 Å². The topological polar surface area (TPSA) is 49.3 Å². The van der Waals surface area contributed by atoms with Crippen LogP contribution in [0.25, 0.3) is 11.1 Å². The second-order valence-corrected chi connectivity index (χ2v) is 6.57. The van der Waals surface area contributed by atoms with E-state index in [2.05, 4.69) is 64.5 Å². The van der Waals surface area contributed by atoms with Crippen molar-refractivity contribution in [2.24, 2.45) is 0 Å². The highest BCUT2D eigenvalue weighted by Gasteiger charge is 2.00. The molecule has 0 saturated carbocycles. The van der Waals surface area contributed by atoms with Gasteiger partial charge in [0.1, 0.15) is 0 Å². The summed E-state index contributed by atoms with van der Waals surface area (Å²) in [7, 11) is 0. The minimum absolute atomic E-state index is 0.298. The van der Waals surface area contributed by atoms with Crippen molar-refractivity contribution in [1.82, 2.24) is 5.48 Å². The average molecular weight is 376 g/mol. The van der Waals surface area contributed by atoms with Gasteiger partial charge in [0.2, 0.25) is 5.91 Å². The Morgan fingerprint density at radius 1 is 0.870 bits per heavy atom. The number of carbonyl (C=O) groups excluding carboxylic acids is 1. The quantitative estimate of drug-likeness (QED) is 0.382. The summed E-state index contributed by atoms with van der Waals surface area (Å²) in [5, 5.41) is 8.40. The summed E-state index contributed by atoms with van der Waals surface area (Å²) in [5.74, 6) is -0.298. The van der Waals surface area contributed by atoms with Crippen LogP contribution in [0.2, 0.25) is 0 Å². The van der Waals surface area contributed by atoms with E-state index in [1.807, 2.05) is 0 Å². The van der Waals surface area contributed by atoms with E-state index in [9.17, 15) is 4.79 Å². The Labute approximate surface area is 145 Å². The summed E-state index contributed by atoms with van der Waals surface area (Å²) < 4.78 is 1.09. The van der Waals surface area contributed by atoms with Crippen LogP contribution in [-0.4, -0.2) is 11.1 Å². The Balaban J connectivity index is 1.73. The van der Waals surface area contributed by atoms with E-state index in [1.165, 1.54) is 16.7 Å². The molecule has 0 unspecified atom stereocenters. The number of carbonyl (C=O) groups is 1. The molecule has 3 nitrogen and oxygen atoms in total. The first-order valence-corrected chi connectivity index (χ1v) is 8.76. The largest absolute Gasteiger partial charge is 0.289 e. The summed E-state index contributed by atoms with van der Waals surface area (Å²) in [6.07, 6.45) is 5.54. The number of benzene rings is 2. The maximum absolute atomic E-state index is 10.9. The average Bonchev–Trinajstić information content (AvgIpc) is 2.59. The lowest BCUT2D eigenvalue weighted by Crippen LogP contribution is -2.17. The Morgan fingerprint density at radius 3 is 2.04 bits per heavy atom. The molecule has 0 saturated heterocycles. The number of halogens is 1. The van der Waals surface area contributed by atoms with E-state index in [0.717, 1.165) is 36.6 Å². The van der Waals surface area contributed by atoms with Crippen LogP contribution in [0.4, 0.5) is 0 Å². The molecular formula is C19H22BrNO2. The van der Waals surface area contributed by atoms with Gasteiger partial charge in [0, 0.05) is 10.9 Å². The van der Waals surface area contributed by atoms with Crippen LogP contribution in [0.1, 0.15) is 37.7 Å². The first-order chi connectivity index (χ1) is 11.2. The molecule has 2 aromatic carbocycles. The Hall–Kier alpha value is -1.65. The first kappa shape index (κ1) is 17.7. The monoisotopic (exact) mass is 375 g/mol. The van der Waals surface area contributed by atoms with Gasteiger partial charge in [-0.15, -0.1) is 0 Å². The van der Waals surface area contributed by atoms with Crippen molar-refractivity contribution in [1.29, 1.82) is 0 Å². The van der Waals surface area contributed by atoms with Crippen LogP contribution < -0.4 is 5.48 Å². The van der Waals surface area contributed by atoms with Gasteiger partial charge in [-0.3, -0.25) is 10.0 Å². The molecular weight excluding hydrogens is 354 g/mol. The van der Waals surface area contributed by atoms with Crippen LogP contribution in [0.15, 0.2) is 53.0 Å². The maximum atomic E-state index is 10.9. The molecule has 0 bridgehead atoms. The van der Waals surface area contributed by atoms with Crippen molar-refractivity contribution >= 4 is 21.8 Å².